The summed E-state index contributed by atoms with van der Waals surface area (Å²) in [6.07, 6.45) is -8.69. The zero-order chi connectivity index (χ0) is 9.07. The van der Waals surface area contributed by atoms with Gasteiger partial charge in [-0.1, -0.05) is 0 Å². The van der Waals surface area contributed by atoms with Crippen molar-refractivity contribution in [3.05, 3.63) is 0 Å². The van der Waals surface area contributed by atoms with Gasteiger partial charge < -0.3 is 10.2 Å². The van der Waals surface area contributed by atoms with Crippen LogP contribution < -0.4 is 0 Å². The smallest absolute Gasteiger partial charge is 0.391 e. The van der Waals surface area contributed by atoms with Gasteiger partial charge in [-0.05, 0) is 0 Å². The largest absolute Gasteiger partial charge is 0.481 e. The van der Waals surface area contributed by atoms with E-state index in [1.54, 1.807) is 0 Å². The second-order valence-corrected chi connectivity index (χ2v) is 2.07. The molecule has 0 aliphatic rings. The molecule has 0 bridgehead atoms. The maximum Gasteiger partial charge on any atom is 0.391 e. The summed E-state index contributed by atoms with van der Waals surface area (Å²) < 4.78 is 34.2. The van der Waals surface area contributed by atoms with Crippen LogP contribution in [0.2, 0.25) is 0 Å². The minimum atomic E-state index is -4.51. The molecule has 0 aliphatic carbocycles. The van der Waals surface area contributed by atoms with Crippen molar-refractivity contribution in [2.75, 3.05) is 0 Å². The van der Waals surface area contributed by atoms with Gasteiger partial charge in [-0.3, -0.25) is 4.79 Å². The first kappa shape index (κ1) is 10.2. The summed E-state index contributed by atoms with van der Waals surface area (Å²) in [6.45, 7) is 0. The number of halogens is 3. The Labute approximate surface area is 60.4 Å². The highest BCUT2D eigenvalue weighted by Gasteiger charge is 2.31. The molecule has 3 nitrogen and oxygen atoms in total. The Morgan fingerprint density at radius 3 is 2.18 bits per heavy atom. The number of carbonyl (C=O) groups is 1. The van der Waals surface area contributed by atoms with Crippen LogP contribution >= 0.6 is 0 Å². The molecule has 0 radical (unpaired) electrons. The number of carboxylic acid groups (broad SMARTS) is 1. The molecule has 6 heteroatoms. The van der Waals surface area contributed by atoms with Crippen molar-refractivity contribution in [1.82, 2.24) is 0 Å². The Bertz CT molecular complexity index is 142. The summed E-state index contributed by atoms with van der Waals surface area (Å²) in [5.41, 5.74) is 0. The topological polar surface area (TPSA) is 57.5 Å². The molecule has 0 fully saturated rings. The average molecular weight is 172 g/mol. The third kappa shape index (κ3) is 7.11. The van der Waals surface area contributed by atoms with E-state index in [0.717, 1.165) is 0 Å². The van der Waals surface area contributed by atoms with E-state index in [0.29, 0.717) is 0 Å². The minimum absolute atomic E-state index is 0.875. The average Bonchev–Trinajstić information content (AvgIpc) is 1.53. The Hall–Kier alpha value is -0.780. The second-order valence-electron chi connectivity index (χ2n) is 2.07. The first-order chi connectivity index (χ1) is 4.81. The van der Waals surface area contributed by atoms with Crippen LogP contribution in [0.4, 0.5) is 13.2 Å². The monoisotopic (exact) mass is 172 g/mol. The molecular weight excluding hydrogens is 165 g/mol. The van der Waals surface area contributed by atoms with E-state index in [4.69, 9.17) is 10.2 Å². The first-order valence-corrected chi connectivity index (χ1v) is 2.78. The molecule has 0 saturated carbocycles. The lowest BCUT2D eigenvalue weighted by Gasteiger charge is -2.09. The van der Waals surface area contributed by atoms with Crippen LogP contribution in [0.3, 0.4) is 0 Å². The van der Waals surface area contributed by atoms with Gasteiger partial charge in [0.2, 0.25) is 0 Å². The van der Waals surface area contributed by atoms with Crippen molar-refractivity contribution in [2.24, 2.45) is 0 Å². The van der Waals surface area contributed by atoms with E-state index >= 15 is 0 Å². The van der Waals surface area contributed by atoms with Crippen LogP contribution in [0, 0.1) is 0 Å². The predicted octanol–water partition coefficient (Wildman–Crippen LogP) is 0.774. The number of aliphatic hydroxyl groups excluding tert-OH is 1. The molecule has 0 saturated heterocycles. The zero-order valence-electron chi connectivity index (χ0n) is 5.43. The Balaban J connectivity index is 3.69. The molecule has 0 aromatic heterocycles. The van der Waals surface area contributed by atoms with Crippen molar-refractivity contribution in [3.63, 3.8) is 0 Å². The Morgan fingerprint density at radius 1 is 1.45 bits per heavy atom. The molecular formula is C5H7F3O3. The number of hydrogen-bond donors (Lipinski definition) is 2. The normalized spacial score (nSPS) is 14.5. The molecule has 2 N–H and O–H groups in total. The van der Waals surface area contributed by atoms with Gasteiger partial charge in [0.25, 0.3) is 0 Å². The van der Waals surface area contributed by atoms with Crippen LogP contribution in [0.25, 0.3) is 0 Å². The van der Waals surface area contributed by atoms with Crippen LogP contribution in [-0.4, -0.2) is 28.5 Å². The van der Waals surface area contributed by atoms with Gasteiger partial charge >= 0.3 is 12.1 Å². The van der Waals surface area contributed by atoms with Gasteiger partial charge in [0.1, 0.15) is 0 Å². The lowest BCUT2D eigenvalue weighted by atomic mass is 10.2. The first-order valence-electron chi connectivity index (χ1n) is 2.78. The van der Waals surface area contributed by atoms with Crippen molar-refractivity contribution >= 4 is 5.97 Å². The minimum Gasteiger partial charge on any atom is -0.481 e. The number of rotatable bonds is 3. The third-order valence-electron chi connectivity index (χ3n) is 0.877. The van der Waals surface area contributed by atoms with Crippen molar-refractivity contribution in [2.45, 2.75) is 25.1 Å². The Morgan fingerprint density at radius 2 is 1.91 bits per heavy atom. The van der Waals surface area contributed by atoms with Crippen LogP contribution in [0.5, 0.6) is 0 Å². The number of alkyl halides is 3. The lowest BCUT2D eigenvalue weighted by Crippen LogP contribution is -2.21. The fourth-order valence-electron chi connectivity index (χ4n) is 0.541. The molecule has 1 atom stereocenters. The molecule has 11 heavy (non-hydrogen) atoms. The SMILES string of the molecule is O=C(O)C[C@H](O)CC(F)(F)F. The van der Waals surface area contributed by atoms with E-state index in [9.17, 15) is 18.0 Å². The highest BCUT2D eigenvalue weighted by molar-refractivity contribution is 5.67. The molecule has 0 rings (SSSR count). The number of aliphatic hydroxyl groups is 1. The Kier molecular flexibility index (Phi) is 3.31. The molecule has 0 aromatic carbocycles. The lowest BCUT2D eigenvalue weighted by molar-refractivity contribution is -0.159. The molecule has 0 aliphatic heterocycles. The van der Waals surface area contributed by atoms with Crippen molar-refractivity contribution < 1.29 is 28.2 Å². The molecule has 0 heterocycles. The quantitative estimate of drug-likeness (QED) is 0.661. The molecule has 0 unspecified atom stereocenters. The van der Waals surface area contributed by atoms with Gasteiger partial charge in [0.15, 0.2) is 0 Å². The van der Waals surface area contributed by atoms with Gasteiger partial charge in [-0.25, -0.2) is 0 Å². The van der Waals surface area contributed by atoms with Crippen molar-refractivity contribution in [3.8, 4) is 0 Å². The summed E-state index contributed by atoms with van der Waals surface area (Å²) in [6, 6.07) is 0. The van der Waals surface area contributed by atoms with E-state index in [1.165, 1.54) is 0 Å². The maximum atomic E-state index is 11.4. The number of hydrogen-bond acceptors (Lipinski definition) is 2. The predicted molar refractivity (Wildman–Crippen MR) is 28.9 cm³/mol. The molecule has 0 spiro atoms. The summed E-state index contributed by atoms with van der Waals surface area (Å²) in [7, 11) is 0. The highest BCUT2D eigenvalue weighted by atomic mass is 19.4. The standard InChI is InChI=1S/C5H7F3O3/c6-5(7,8)2-3(9)1-4(10)11/h3,9H,1-2H2,(H,10,11)/t3-/m0/s1. The third-order valence-corrected chi connectivity index (χ3v) is 0.877. The van der Waals surface area contributed by atoms with Crippen LogP contribution in [0.15, 0.2) is 0 Å². The summed E-state index contributed by atoms with van der Waals surface area (Å²) in [5.74, 6) is -1.44. The summed E-state index contributed by atoms with van der Waals surface area (Å²) >= 11 is 0. The zero-order valence-corrected chi connectivity index (χ0v) is 5.43. The summed E-state index contributed by atoms with van der Waals surface area (Å²) in [4.78, 5) is 9.77. The summed E-state index contributed by atoms with van der Waals surface area (Å²) in [5, 5.41) is 16.4. The second kappa shape index (κ2) is 3.56. The van der Waals surface area contributed by atoms with E-state index in [-0.39, 0.29) is 0 Å². The van der Waals surface area contributed by atoms with E-state index < -0.39 is 31.1 Å². The van der Waals surface area contributed by atoms with Crippen LogP contribution in [-0.2, 0) is 4.79 Å². The van der Waals surface area contributed by atoms with E-state index in [2.05, 4.69) is 0 Å². The van der Waals surface area contributed by atoms with Gasteiger partial charge in [-0.15, -0.1) is 0 Å². The van der Waals surface area contributed by atoms with E-state index in [1.807, 2.05) is 0 Å². The number of carboxylic acids is 1. The number of aliphatic carboxylic acids is 1. The van der Waals surface area contributed by atoms with Crippen LogP contribution in [0.1, 0.15) is 12.8 Å². The molecule has 0 amide bonds. The van der Waals surface area contributed by atoms with Gasteiger partial charge in [-0.2, -0.15) is 13.2 Å². The highest BCUT2D eigenvalue weighted by Crippen LogP contribution is 2.22. The fraction of sp³-hybridized carbons (Fsp3) is 0.800. The maximum absolute atomic E-state index is 11.4. The van der Waals surface area contributed by atoms with Gasteiger partial charge in [0, 0.05) is 0 Å². The fourth-order valence-corrected chi connectivity index (χ4v) is 0.541. The van der Waals surface area contributed by atoms with Crippen molar-refractivity contribution in [1.29, 1.82) is 0 Å². The van der Waals surface area contributed by atoms with Gasteiger partial charge in [0.05, 0.1) is 18.9 Å². The molecule has 0 aromatic rings. The molecule has 66 valence electrons.